The molecular weight excluding hydrogens is 386 g/mol. The van der Waals surface area contributed by atoms with Crippen LogP contribution in [0.5, 0.6) is 28.9 Å². The van der Waals surface area contributed by atoms with Crippen molar-refractivity contribution in [1.29, 1.82) is 0 Å². The van der Waals surface area contributed by atoms with Gasteiger partial charge < -0.3 is 30.0 Å². The van der Waals surface area contributed by atoms with Gasteiger partial charge in [-0.3, -0.25) is 0 Å². The number of nitrogens with zero attached hydrogens (tertiary/aromatic N) is 1. The summed E-state index contributed by atoms with van der Waals surface area (Å²) in [5, 5.41) is 15.2. The zero-order valence-electron chi connectivity index (χ0n) is 16.9. The number of pyridine rings is 1. The third kappa shape index (κ3) is 5.32. The molecule has 0 spiro atoms. The van der Waals surface area contributed by atoms with Crippen LogP contribution < -0.4 is 24.8 Å². The second-order valence-electron chi connectivity index (χ2n) is 6.46. The van der Waals surface area contributed by atoms with E-state index in [1.807, 2.05) is 25.1 Å². The number of urea groups is 1. The molecule has 3 aromatic rings. The molecule has 3 rings (SSSR count). The van der Waals surface area contributed by atoms with Crippen LogP contribution in [0.3, 0.4) is 0 Å². The van der Waals surface area contributed by atoms with Gasteiger partial charge in [0.25, 0.3) is 0 Å². The molecule has 3 N–H and O–H groups in total. The second kappa shape index (κ2) is 9.51. The predicted octanol–water partition coefficient (Wildman–Crippen LogP) is 4.23. The minimum Gasteiger partial charge on any atom is -0.504 e. The standard InChI is InChI=1S/C22H23N3O5/c1-14-4-7-19(20(10-14)29-3)30-21-9-6-16(13-23-21)25-22(27)24-12-15-5-8-18(28-2)17(26)11-15/h4-11,13,26H,12H2,1-3H3,(H2,24,25,27). The van der Waals surface area contributed by atoms with E-state index >= 15 is 0 Å². The molecule has 0 aliphatic heterocycles. The fraction of sp³-hybridized carbons (Fsp3) is 0.182. The molecule has 0 aliphatic rings. The molecule has 0 radical (unpaired) electrons. The number of ether oxygens (including phenoxy) is 3. The average molecular weight is 409 g/mol. The average Bonchev–Trinajstić information content (AvgIpc) is 2.75. The maximum atomic E-state index is 12.1. The highest BCUT2D eigenvalue weighted by atomic mass is 16.5. The van der Waals surface area contributed by atoms with E-state index in [1.165, 1.54) is 19.4 Å². The number of benzene rings is 2. The topological polar surface area (TPSA) is 102 Å². The van der Waals surface area contributed by atoms with Crippen LogP contribution in [0.2, 0.25) is 0 Å². The van der Waals surface area contributed by atoms with Crippen molar-refractivity contribution in [3.8, 4) is 28.9 Å². The van der Waals surface area contributed by atoms with Crippen LogP contribution in [0.4, 0.5) is 10.5 Å². The Bertz CT molecular complexity index is 1020. The lowest BCUT2D eigenvalue weighted by Gasteiger charge is -2.11. The molecule has 0 saturated carbocycles. The number of phenols is 1. The van der Waals surface area contributed by atoms with Gasteiger partial charge in [0.1, 0.15) is 0 Å². The van der Waals surface area contributed by atoms with Crippen LogP contribution >= 0.6 is 0 Å². The summed E-state index contributed by atoms with van der Waals surface area (Å²) in [6, 6.07) is 13.5. The highest BCUT2D eigenvalue weighted by molar-refractivity contribution is 5.89. The van der Waals surface area contributed by atoms with Gasteiger partial charge in [-0.1, -0.05) is 12.1 Å². The number of aromatic hydroxyl groups is 1. The van der Waals surface area contributed by atoms with E-state index < -0.39 is 6.03 Å². The number of aromatic nitrogens is 1. The Hall–Kier alpha value is -3.94. The van der Waals surface area contributed by atoms with Crippen LogP contribution in [0, 0.1) is 6.92 Å². The first-order valence-electron chi connectivity index (χ1n) is 9.18. The highest BCUT2D eigenvalue weighted by Gasteiger charge is 2.08. The summed E-state index contributed by atoms with van der Waals surface area (Å²) in [5.41, 5.74) is 2.30. The number of nitrogens with one attached hydrogen (secondary N) is 2. The number of anilines is 1. The molecule has 0 bridgehead atoms. The zero-order valence-corrected chi connectivity index (χ0v) is 16.9. The number of aryl methyl sites for hydroxylation is 1. The summed E-state index contributed by atoms with van der Waals surface area (Å²) < 4.78 is 16.1. The maximum Gasteiger partial charge on any atom is 0.319 e. The third-order valence-electron chi connectivity index (χ3n) is 4.22. The lowest BCUT2D eigenvalue weighted by molar-refractivity contribution is 0.251. The normalized spacial score (nSPS) is 10.2. The first kappa shape index (κ1) is 20.8. The minimum atomic E-state index is -0.402. The molecule has 0 aliphatic carbocycles. The van der Waals surface area contributed by atoms with Crippen molar-refractivity contribution in [2.24, 2.45) is 0 Å². The SMILES string of the molecule is COc1ccc(CNC(=O)Nc2ccc(Oc3ccc(C)cc3OC)nc2)cc1O. The van der Waals surface area contributed by atoms with Gasteiger partial charge >= 0.3 is 6.03 Å². The fourth-order valence-corrected chi connectivity index (χ4v) is 2.69. The van der Waals surface area contributed by atoms with Crippen molar-refractivity contribution in [2.45, 2.75) is 13.5 Å². The van der Waals surface area contributed by atoms with Gasteiger partial charge in [0.2, 0.25) is 5.88 Å². The van der Waals surface area contributed by atoms with Gasteiger partial charge in [-0.2, -0.15) is 0 Å². The molecular formula is C22H23N3O5. The molecule has 8 heteroatoms. The Balaban J connectivity index is 1.55. The number of carbonyl (C=O) groups excluding carboxylic acids is 1. The quantitative estimate of drug-likeness (QED) is 0.540. The van der Waals surface area contributed by atoms with E-state index in [-0.39, 0.29) is 12.3 Å². The van der Waals surface area contributed by atoms with Crippen molar-refractivity contribution in [3.63, 3.8) is 0 Å². The number of methoxy groups -OCH3 is 2. The summed E-state index contributed by atoms with van der Waals surface area (Å²) in [6.07, 6.45) is 1.49. The molecule has 2 aromatic carbocycles. The molecule has 8 nitrogen and oxygen atoms in total. The van der Waals surface area contributed by atoms with Crippen LogP contribution in [0.15, 0.2) is 54.7 Å². The zero-order chi connectivity index (χ0) is 21.5. The lowest BCUT2D eigenvalue weighted by atomic mass is 10.2. The van der Waals surface area contributed by atoms with E-state index in [0.717, 1.165) is 11.1 Å². The van der Waals surface area contributed by atoms with Crippen molar-refractivity contribution in [1.82, 2.24) is 10.3 Å². The first-order valence-corrected chi connectivity index (χ1v) is 9.18. The Kier molecular flexibility index (Phi) is 6.59. The Labute approximate surface area is 174 Å². The van der Waals surface area contributed by atoms with E-state index in [0.29, 0.717) is 28.8 Å². The number of rotatable bonds is 7. The van der Waals surface area contributed by atoms with Gasteiger partial charge in [0.05, 0.1) is 26.1 Å². The molecule has 156 valence electrons. The predicted molar refractivity (Wildman–Crippen MR) is 113 cm³/mol. The summed E-state index contributed by atoms with van der Waals surface area (Å²) in [6.45, 7) is 2.21. The van der Waals surface area contributed by atoms with Crippen LogP contribution in [0.25, 0.3) is 0 Å². The van der Waals surface area contributed by atoms with Gasteiger partial charge in [0, 0.05) is 12.6 Å². The van der Waals surface area contributed by atoms with Crippen LogP contribution in [-0.4, -0.2) is 30.3 Å². The van der Waals surface area contributed by atoms with Gasteiger partial charge in [-0.15, -0.1) is 0 Å². The number of hydrogen-bond acceptors (Lipinski definition) is 6. The van der Waals surface area contributed by atoms with E-state index in [9.17, 15) is 9.90 Å². The molecule has 0 saturated heterocycles. The van der Waals surface area contributed by atoms with Crippen molar-refractivity contribution in [2.75, 3.05) is 19.5 Å². The van der Waals surface area contributed by atoms with Crippen LogP contribution in [-0.2, 0) is 6.54 Å². The van der Waals surface area contributed by atoms with Gasteiger partial charge in [-0.25, -0.2) is 9.78 Å². The summed E-state index contributed by atoms with van der Waals surface area (Å²) in [5.74, 6) is 1.93. The van der Waals surface area contributed by atoms with E-state index in [1.54, 1.807) is 31.4 Å². The summed E-state index contributed by atoms with van der Waals surface area (Å²) in [4.78, 5) is 16.3. The molecule has 1 heterocycles. The number of amides is 2. The molecule has 2 amide bonds. The van der Waals surface area contributed by atoms with Crippen LogP contribution in [0.1, 0.15) is 11.1 Å². The minimum absolute atomic E-state index is 0.0159. The monoisotopic (exact) mass is 409 g/mol. The molecule has 30 heavy (non-hydrogen) atoms. The number of phenolic OH excluding ortho intramolecular Hbond substituents is 1. The van der Waals surface area contributed by atoms with E-state index in [2.05, 4.69) is 15.6 Å². The molecule has 0 fully saturated rings. The Morgan fingerprint density at radius 2 is 1.77 bits per heavy atom. The maximum absolute atomic E-state index is 12.1. The molecule has 1 aromatic heterocycles. The molecule has 0 atom stereocenters. The van der Waals surface area contributed by atoms with Gasteiger partial charge in [0.15, 0.2) is 23.0 Å². The summed E-state index contributed by atoms with van der Waals surface area (Å²) in [7, 11) is 3.05. The Morgan fingerprint density at radius 3 is 2.43 bits per heavy atom. The van der Waals surface area contributed by atoms with E-state index in [4.69, 9.17) is 14.2 Å². The van der Waals surface area contributed by atoms with Crippen molar-refractivity contribution in [3.05, 3.63) is 65.9 Å². The number of carbonyl (C=O) groups is 1. The smallest absolute Gasteiger partial charge is 0.319 e. The first-order chi connectivity index (χ1) is 14.5. The fourth-order valence-electron chi connectivity index (χ4n) is 2.69. The molecule has 0 unspecified atom stereocenters. The lowest BCUT2D eigenvalue weighted by Crippen LogP contribution is -2.28. The van der Waals surface area contributed by atoms with Crippen molar-refractivity contribution < 1.29 is 24.1 Å². The summed E-state index contributed by atoms with van der Waals surface area (Å²) >= 11 is 0. The Morgan fingerprint density at radius 1 is 1.00 bits per heavy atom. The van der Waals surface area contributed by atoms with Gasteiger partial charge in [-0.05, 0) is 48.4 Å². The van der Waals surface area contributed by atoms with Crippen molar-refractivity contribution >= 4 is 11.7 Å². The highest BCUT2D eigenvalue weighted by Crippen LogP contribution is 2.31. The third-order valence-corrected chi connectivity index (χ3v) is 4.22. The second-order valence-corrected chi connectivity index (χ2v) is 6.46. The largest absolute Gasteiger partial charge is 0.504 e. The number of hydrogen-bond donors (Lipinski definition) is 3.